The molecule has 1 aromatic heterocycles. The van der Waals surface area contributed by atoms with Crippen LogP contribution in [0.2, 0.25) is 5.02 Å². The molecule has 0 radical (unpaired) electrons. The fraction of sp³-hybridized carbons (Fsp3) is 0.333. The second-order valence-electron chi connectivity index (χ2n) is 8.34. The van der Waals surface area contributed by atoms with Crippen LogP contribution in [0.25, 0.3) is 0 Å². The van der Waals surface area contributed by atoms with Crippen molar-refractivity contribution in [2.24, 2.45) is 0 Å². The largest absolute Gasteiger partial charge is 0.493 e. The summed E-state index contributed by atoms with van der Waals surface area (Å²) >= 11 is 7.79. The van der Waals surface area contributed by atoms with E-state index in [4.69, 9.17) is 25.8 Å². The molecule has 0 spiro atoms. The Bertz CT molecular complexity index is 1200. The summed E-state index contributed by atoms with van der Waals surface area (Å²) in [6, 6.07) is 16.0. The molecule has 2 amide bonds. The van der Waals surface area contributed by atoms with Crippen molar-refractivity contribution in [1.29, 1.82) is 0 Å². The Hall–Kier alpha value is -3.07. The molecule has 0 aliphatic carbocycles. The number of amides is 2. The van der Waals surface area contributed by atoms with Crippen LogP contribution in [0.15, 0.2) is 60.0 Å². The fourth-order valence-electron chi connectivity index (χ4n) is 4.29. The first-order valence-electron chi connectivity index (χ1n) is 11.7. The highest BCUT2D eigenvalue weighted by molar-refractivity contribution is 7.10. The van der Waals surface area contributed by atoms with Crippen molar-refractivity contribution < 1.29 is 23.8 Å². The Morgan fingerprint density at radius 3 is 2.67 bits per heavy atom. The molecule has 2 aromatic carbocycles. The summed E-state index contributed by atoms with van der Waals surface area (Å²) in [6.45, 7) is 1.35. The molecular weight excluding hydrogens is 500 g/mol. The summed E-state index contributed by atoms with van der Waals surface area (Å²) in [5, 5.41) is 2.51. The number of para-hydroxylation sites is 2. The Kier molecular flexibility index (Phi) is 8.85. The molecule has 190 valence electrons. The predicted molar refractivity (Wildman–Crippen MR) is 140 cm³/mol. The molecule has 1 aliphatic heterocycles. The van der Waals surface area contributed by atoms with Crippen LogP contribution in [0.4, 0.5) is 0 Å². The number of nitrogens with zero attached hydrogens (tertiary/aromatic N) is 2. The summed E-state index contributed by atoms with van der Waals surface area (Å²) in [5.74, 6) is 0.840. The summed E-state index contributed by atoms with van der Waals surface area (Å²) in [5.41, 5.74) is 1.51. The highest BCUT2D eigenvalue weighted by Gasteiger charge is 2.33. The van der Waals surface area contributed by atoms with Crippen LogP contribution < -0.4 is 9.47 Å². The fourth-order valence-corrected chi connectivity index (χ4v) is 5.41. The molecule has 3 aromatic rings. The van der Waals surface area contributed by atoms with E-state index in [-0.39, 0.29) is 37.6 Å². The summed E-state index contributed by atoms with van der Waals surface area (Å²) in [6.07, 6.45) is 0.768. The van der Waals surface area contributed by atoms with Gasteiger partial charge in [0.05, 0.1) is 19.8 Å². The van der Waals surface area contributed by atoms with Gasteiger partial charge < -0.3 is 24.0 Å². The first-order valence-corrected chi connectivity index (χ1v) is 12.9. The topological polar surface area (TPSA) is 68.3 Å². The number of carbonyl (C=O) groups excluding carboxylic acids is 2. The number of benzene rings is 2. The van der Waals surface area contributed by atoms with E-state index in [2.05, 4.69) is 6.07 Å². The van der Waals surface area contributed by atoms with Crippen LogP contribution >= 0.6 is 22.9 Å². The second-order valence-corrected chi connectivity index (χ2v) is 9.78. The number of hydrogen-bond acceptors (Lipinski definition) is 6. The number of rotatable bonds is 10. The van der Waals surface area contributed by atoms with Crippen molar-refractivity contribution in [2.45, 2.75) is 12.5 Å². The molecular formula is C27H29ClN2O5S. The number of hydrogen-bond donors (Lipinski definition) is 0. The number of fused-ring (bicyclic) bond motifs is 1. The van der Waals surface area contributed by atoms with E-state index in [0.717, 1.165) is 12.0 Å². The average Bonchev–Trinajstić information content (AvgIpc) is 3.38. The lowest BCUT2D eigenvalue weighted by atomic mass is 10.0. The lowest BCUT2D eigenvalue weighted by Crippen LogP contribution is -2.48. The van der Waals surface area contributed by atoms with Gasteiger partial charge in [-0.2, -0.15) is 0 Å². The van der Waals surface area contributed by atoms with Crippen molar-refractivity contribution in [3.05, 3.63) is 81.0 Å². The van der Waals surface area contributed by atoms with Crippen LogP contribution in [-0.2, 0) is 16.0 Å². The zero-order valence-electron chi connectivity index (χ0n) is 20.3. The summed E-state index contributed by atoms with van der Waals surface area (Å²) in [7, 11) is 3.17. The van der Waals surface area contributed by atoms with Gasteiger partial charge in [-0.1, -0.05) is 29.8 Å². The van der Waals surface area contributed by atoms with Crippen molar-refractivity contribution in [3.8, 4) is 11.5 Å². The zero-order valence-corrected chi connectivity index (χ0v) is 21.9. The van der Waals surface area contributed by atoms with Gasteiger partial charge in [0.2, 0.25) is 5.91 Å². The van der Waals surface area contributed by atoms with Crippen LogP contribution in [0.1, 0.15) is 26.8 Å². The first-order chi connectivity index (χ1) is 17.5. The van der Waals surface area contributed by atoms with Gasteiger partial charge in [-0.25, -0.2) is 0 Å². The summed E-state index contributed by atoms with van der Waals surface area (Å²) in [4.78, 5) is 31.5. The van der Waals surface area contributed by atoms with Crippen molar-refractivity contribution in [2.75, 3.05) is 47.1 Å². The molecule has 7 nitrogen and oxygen atoms in total. The van der Waals surface area contributed by atoms with Gasteiger partial charge in [-0.3, -0.25) is 9.59 Å². The quantitative estimate of drug-likeness (QED) is 0.381. The number of ether oxygens (including phenoxy) is 3. The van der Waals surface area contributed by atoms with E-state index in [9.17, 15) is 9.59 Å². The Labute approximate surface area is 220 Å². The standard InChI is InChI=1S/C27H29ClN2O5S/c1-33-14-13-29(27(32)19-6-5-7-20(28)16-19)17-26(31)30-12-10-25-21(11-15-36-25)22(30)18-35-24-9-4-3-8-23(24)34-2/h3-9,11,15-16,22H,10,12-14,17-18H2,1-2H3/t22-/m0/s1. The minimum absolute atomic E-state index is 0.0701. The number of carbonyl (C=O) groups is 2. The lowest BCUT2D eigenvalue weighted by molar-refractivity contribution is -0.135. The van der Waals surface area contributed by atoms with Crippen LogP contribution in [0, 0.1) is 0 Å². The number of methoxy groups -OCH3 is 2. The highest BCUT2D eigenvalue weighted by atomic mass is 35.5. The monoisotopic (exact) mass is 528 g/mol. The van der Waals surface area contributed by atoms with Crippen molar-refractivity contribution in [1.82, 2.24) is 9.80 Å². The van der Waals surface area contributed by atoms with E-state index in [1.165, 1.54) is 9.78 Å². The van der Waals surface area contributed by atoms with Crippen molar-refractivity contribution >= 4 is 34.8 Å². The van der Waals surface area contributed by atoms with Gasteiger partial charge in [0, 0.05) is 35.7 Å². The third-order valence-corrected chi connectivity index (χ3v) is 7.36. The van der Waals surface area contributed by atoms with Gasteiger partial charge in [-0.15, -0.1) is 11.3 Å². The molecule has 0 saturated heterocycles. The van der Waals surface area contributed by atoms with E-state index < -0.39 is 0 Å². The van der Waals surface area contributed by atoms with E-state index >= 15 is 0 Å². The molecule has 0 saturated carbocycles. The second kappa shape index (κ2) is 12.3. The maximum Gasteiger partial charge on any atom is 0.254 e. The summed E-state index contributed by atoms with van der Waals surface area (Å²) < 4.78 is 16.8. The normalized spacial score (nSPS) is 14.8. The number of halogens is 1. The van der Waals surface area contributed by atoms with Gasteiger partial charge in [0.1, 0.15) is 13.2 Å². The van der Waals surface area contributed by atoms with Gasteiger partial charge in [0.25, 0.3) is 5.91 Å². The van der Waals surface area contributed by atoms with Crippen LogP contribution in [-0.4, -0.2) is 68.7 Å². The molecule has 0 bridgehead atoms. The van der Waals surface area contributed by atoms with E-state index in [0.29, 0.717) is 35.2 Å². The maximum absolute atomic E-state index is 13.6. The smallest absolute Gasteiger partial charge is 0.254 e. The predicted octanol–water partition coefficient (Wildman–Crippen LogP) is 4.70. The van der Waals surface area contributed by atoms with Gasteiger partial charge in [0.15, 0.2) is 11.5 Å². The zero-order chi connectivity index (χ0) is 25.5. The SMILES string of the molecule is COCCN(CC(=O)N1CCc2sccc2[C@@H]1COc1ccccc1OC)C(=O)c1cccc(Cl)c1. The Morgan fingerprint density at radius 1 is 1.11 bits per heavy atom. The Balaban J connectivity index is 1.54. The van der Waals surface area contributed by atoms with E-state index in [1.54, 1.807) is 49.8 Å². The first kappa shape index (κ1) is 26.0. The van der Waals surface area contributed by atoms with Crippen LogP contribution in [0.5, 0.6) is 11.5 Å². The molecule has 9 heteroatoms. The molecule has 0 unspecified atom stereocenters. The maximum atomic E-state index is 13.6. The number of thiophene rings is 1. The van der Waals surface area contributed by atoms with Crippen molar-refractivity contribution in [3.63, 3.8) is 0 Å². The third kappa shape index (κ3) is 6.00. The van der Waals surface area contributed by atoms with Gasteiger partial charge in [-0.05, 0) is 53.8 Å². The average molecular weight is 529 g/mol. The Morgan fingerprint density at radius 2 is 1.92 bits per heavy atom. The van der Waals surface area contributed by atoms with Gasteiger partial charge >= 0.3 is 0 Å². The molecule has 0 N–H and O–H groups in total. The highest BCUT2D eigenvalue weighted by Crippen LogP contribution is 2.35. The molecule has 4 rings (SSSR count). The molecule has 0 fully saturated rings. The van der Waals surface area contributed by atoms with E-state index in [1.807, 2.05) is 34.5 Å². The lowest BCUT2D eigenvalue weighted by Gasteiger charge is -2.37. The minimum atomic E-state index is -0.275. The minimum Gasteiger partial charge on any atom is -0.493 e. The molecule has 2 heterocycles. The third-order valence-electron chi connectivity index (χ3n) is 6.13. The molecule has 36 heavy (non-hydrogen) atoms. The van der Waals surface area contributed by atoms with Crippen LogP contribution in [0.3, 0.4) is 0 Å². The molecule has 1 atom stereocenters. The molecule has 1 aliphatic rings.